The lowest BCUT2D eigenvalue weighted by atomic mass is 10.1. The van der Waals surface area contributed by atoms with E-state index in [1.54, 1.807) is 19.2 Å². The second-order valence-electron chi connectivity index (χ2n) is 5.65. The molecule has 27 heavy (non-hydrogen) atoms. The normalized spacial score (nSPS) is 10.4. The zero-order valence-corrected chi connectivity index (χ0v) is 15.0. The molecule has 3 N–H and O–H groups in total. The minimum absolute atomic E-state index is 0.0590. The number of nitrogens with zero attached hydrogens (tertiary/aromatic N) is 2. The summed E-state index contributed by atoms with van der Waals surface area (Å²) in [6.45, 7) is -0.102. The molecule has 0 saturated carbocycles. The summed E-state index contributed by atoms with van der Waals surface area (Å²) in [5.41, 5.74) is 7.17. The molecule has 0 aliphatic carbocycles. The molecule has 0 fully saturated rings. The van der Waals surface area contributed by atoms with Gasteiger partial charge in [0.1, 0.15) is 12.4 Å². The Hall–Kier alpha value is -3.32. The molecule has 7 nitrogen and oxygen atoms in total. The molecule has 1 aromatic heterocycles. The highest BCUT2D eigenvalue weighted by molar-refractivity contribution is 5.56. The Balaban J connectivity index is 1.94. The van der Waals surface area contributed by atoms with Crippen molar-refractivity contribution in [2.45, 2.75) is 6.42 Å². The predicted octanol–water partition coefficient (Wildman–Crippen LogP) is 2.82. The van der Waals surface area contributed by atoms with Gasteiger partial charge in [-0.25, -0.2) is 4.98 Å². The molecule has 0 saturated heterocycles. The highest BCUT2D eigenvalue weighted by atomic mass is 16.5. The van der Waals surface area contributed by atoms with E-state index in [9.17, 15) is 0 Å². The molecule has 0 radical (unpaired) electrons. The molecule has 3 aromatic rings. The summed E-state index contributed by atoms with van der Waals surface area (Å²) in [5.74, 6) is 2.00. The van der Waals surface area contributed by atoms with E-state index in [1.807, 2.05) is 42.5 Å². The number of hydrogen-bond acceptors (Lipinski definition) is 7. The SMILES string of the molecule is COc1ccccc1Oc1c(N)nc(Cc2ccccc2)nc1OCCO. The predicted molar refractivity (Wildman–Crippen MR) is 101 cm³/mol. The van der Waals surface area contributed by atoms with Crippen molar-refractivity contribution in [3.8, 4) is 23.1 Å². The molecule has 0 unspecified atom stereocenters. The Morgan fingerprint density at radius 3 is 2.37 bits per heavy atom. The van der Waals surface area contributed by atoms with E-state index in [-0.39, 0.29) is 30.7 Å². The van der Waals surface area contributed by atoms with E-state index in [0.717, 1.165) is 5.56 Å². The molecule has 0 spiro atoms. The van der Waals surface area contributed by atoms with Crippen LogP contribution in [0.15, 0.2) is 54.6 Å². The molecular weight excluding hydrogens is 346 g/mol. The van der Waals surface area contributed by atoms with Gasteiger partial charge in [-0.05, 0) is 17.7 Å². The third kappa shape index (κ3) is 4.65. The molecule has 0 aliphatic heterocycles. The first kappa shape index (κ1) is 18.5. The second-order valence-corrected chi connectivity index (χ2v) is 5.65. The van der Waals surface area contributed by atoms with E-state index in [0.29, 0.717) is 23.7 Å². The lowest BCUT2D eigenvalue weighted by Crippen LogP contribution is -2.10. The number of hydrogen-bond donors (Lipinski definition) is 2. The van der Waals surface area contributed by atoms with Crippen LogP contribution >= 0.6 is 0 Å². The number of nitrogens with two attached hydrogens (primary N) is 1. The van der Waals surface area contributed by atoms with E-state index in [1.165, 1.54) is 0 Å². The summed E-state index contributed by atoms with van der Waals surface area (Å²) in [6, 6.07) is 16.9. The van der Waals surface area contributed by atoms with Crippen LogP contribution in [0.2, 0.25) is 0 Å². The van der Waals surface area contributed by atoms with Gasteiger partial charge in [-0.15, -0.1) is 0 Å². The molecule has 7 heteroatoms. The standard InChI is InChI=1S/C20H21N3O4/c1-25-15-9-5-6-10-16(15)27-18-19(21)22-17(23-20(18)26-12-11-24)13-14-7-3-2-4-8-14/h2-10,24H,11-13H2,1H3,(H2,21,22,23). The zero-order chi connectivity index (χ0) is 19.1. The molecule has 0 amide bonds. The van der Waals surface area contributed by atoms with Crippen LogP contribution in [-0.2, 0) is 6.42 Å². The van der Waals surface area contributed by atoms with Crippen LogP contribution in [0.25, 0.3) is 0 Å². The number of benzene rings is 2. The van der Waals surface area contributed by atoms with Crippen LogP contribution in [0.3, 0.4) is 0 Å². The van der Waals surface area contributed by atoms with Gasteiger partial charge in [0.15, 0.2) is 17.3 Å². The third-order valence-corrected chi connectivity index (χ3v) is 3.72. The zero-order valence-electron chi connectivity index (χ0n) is 15.0. The Morgan fingerprint density at radius 2 is 1.67 bits per heavy atom. The number of nitrogen functional groups attached to an aromatic ring is 1. The molecule has 0 bridgehead atoms. The molecule has 140 valence electrons. The molecule has 2 aromatic carbocycles. The molecule has 3 rings (SSSR count). The molecule has 0 aliphatic rings. The van der Waals surface area contributed by atoms with Crippen LogP contribution in [0.4, 0.5) is 5.82 Å². The largest absolute Gasteiger partial charge is 0.493 e. The number of anilines is 1. The van der Waals surface area contributed by atoms with Crippen LogP contribution in [-0.4, -0.2) is 35.4 Å². The van der Waals surface area contributed by atoms with Crippen molar-refractivity contribution in [1.29, 1.82) is 0 Å². The van der Waals surface area contributed by atoms with Gasteiger partial charge in [-0.3, -0.25) is 0 Å². The lowest BCUT2D eigenvalue weighted by Gasteiger charge is -2.15. The lowest BCUT2D eigenvalue weighted by molar-refractivity contribution is 0.192. The van der Waals surface area contributed by atoms with Crippen molar-refractivity contribution in [2.75, 3.05) is 26.1 Å². The Morgan fingerprint density at radius 1 is 0.963 bits per heavy atom. The number of methoxy groups -OCH3 is 1. The number of aromatic nitrogens is 2. The Kier molecular flexibility index (Phi) is 6.06. The van der Waals surface area contributed by atoms with Crippen molar-refractivity contribution in [2.24, 2.45) is 0 Å². The maximum Gasteiger partial charge on any atom is 0.263 e. The van der Waals surface area contributed by atoms with Gasteiger partial charge < -0.3 is 25.1 Å². The van der Waals surface area contributed by atoms with Crippen molar-refractivity contribution < 1.29 is 19.3 Å². The van der Waals surface area contributed by atoms with Crippen molar-refractivity contribution in [3.63, 3.8) is 0 Å². The second kappa shape index (κ2) is 8.86. The fourth-order valence-electron chi connectivity index (χ4n) is 2.50. The molecule has 0 atom stereocenters. The first-order chi connectivity index (χ1) is 13.2. The fraction of sp³-hybridized carbons (Fsp3) is 0.200. The van der Waals surface area contributed by atoms with E-state index >= 15 is 0 Å². The first-order valence-corrected chi connectivity index (χ1v) is 8.46. The number of aliphatic hydroxyl groups excluding tert-OH is 1. The summed E-state index contributed by atoms with van der Waals surface area (Å²) < 4.78 is 16.7. The Labute approximate surface area is 157 Å². The van der Waals surface area contributed by atoms with Crippen LogP contribution in [0.5, 0.6) is 23.1 Å². The van der Waals surface area contributed by atoms with E-state index < -0.39 is 0 Å². The summed E-state index contributed by atoms with van der Waals surface area (Å²) >= 11 is 0. The highest BCUT2D eigenvalue weighted by Gasteiger charge is 2.18. The minimum Gasteiger partial charge on any atom is -0.493 e. The number of para-hydroxylation sites is 2. The quantitative estimate of drug-likeness (QED) is 0.631. The summed E-state index contributed by atoms with van der Waals surface area (Å²) in [7, 11) is 1.55. The van der Waals surface area contributed by atoms with E-state index in [2.05, 4.69) is 9.97 Å². The summed E-state index contributed by atoms with van der Waals surface area (Å²) in [6.07, 6.45) is 0.495. The van der Waals surface area contributed by atoms with Gasteiger partial charge in [-0.1, -0.05) is 42.5 Å². The summed E-state index contributed by atoms with van der Waals surface area (Å²) in [4.78, 5) is 8.77. The van der Waals surface area contributed by atoms with Gasteiger partial charge in [-0.2, -0.15) is 4.98 Å². The average Bonchev–Trinajstić information content (AvgIpc) is 2.69. The summed E-state index contributed by atoms with van der Waals surface area (Å²) in [5, 5.41) is 9.10. The van der Waals surface area contributed by atoms with Crippen molar-refractivity contribution in [1.82, 2.24) is 9.97 Å². The van der Waals surface area contributed by atoms with Crippen LogP contribution in [0.1, 0.15) is 11.4 Å². The van der Waals surface area contributed by atoms with E-state index in [4.69, 9.17) is 25.1 Å². The van der Waals surface area contributed by atoms with Crippen molar-refractivity contribution >= 4 is 5.82 Å². The van der Waals surface area contributed by atoms with Gasteiger partial charge in [0.2, 0.25) is 5.75 Å². The third-order valence-electron chi connectivity index (χ3n) is 3.72. The topological polar surface area (TPSA) is 99.7 Å². The minimum atomic E-state index is -0.161. The van der Waals surface area contributed by atoms with Crippen LogP contribution in [0, 0.1) is 0 Å². The van der Waals surface area contributed by atoms with Gasteiger partial charge in [0.05, 0.1) is 13.7 Å². The fourth-order valence-corrected chi connectivity index (χ4v) is 2.50. The maximum atomic E-state index is 9.10. The average molecular weight is 367 g/mol. The highest BCUT2D eigenvalue weighted by Crippen LogP contribution is 2.38. The van der Waals surface area contributed by atoms with Gasteiger partial charge >= 0.3 is 0 Å². The van der Waals surface area contributed by atoms with Gasteiger partial charge in [0, 0.05) is 6.42 Å². The Bertz CT molecular complexity index is 888. The first-order valence-electron chi connectivity index (χ1n) is 8.46. The number of ether oxygens (including phenoxy) is 3. The van der Waals surface area contributed by atoms with Crippen LogP contribution < -0.4 is 19.9 Å². The number of rotatable bonds is 8. The smallest absolute Gasteiger partial charge is 0.263 e. The molecular formula is C20H21N3O4. The monoisotopic (exact) mass is 367 g/mol. The maximum absolute atomic E-state index is 9.10. The van der Waals surface area contributed by atoms with Gasteiger partial charge in [0.25, 0.3) is 5.88 Å². The number of aliphatic hydroxyl groups is 1. The molecule has 1 heterocycles. The van der Waals surface area contributed by atoms with Crippen molar-refractivity contribution in [3.05, 3.63) is 66.0 Å².